The summed E-state index contributed by atoms with van der Waals surface area (Å²) < 4.78 is 0. The van der Waals surface area contributed by atoms with Crippen molar-refractivity contribution < 1.29 is 14.7 Å². The number of nitrogens with one attached hydrogen (secondary N) is 1. The molecule has 4 atom stereocenters. The number of hydrogen-bond donors (Lipinski definition) is 2. The molecule has 3 aliphatic carbocycles. The zero-order valence-electron chi connectivity index (χ0n) is 16.2. The maximum Gasteiger partial charge on any atom is 0.322 e. The highest BCUT2D eigenvalue weighted by molar-refractivity contribution is 5.86. The maximum atomic E-state index is 12.9. The Kier molecular flexibility index (Phi) is 4.66. The van der Waals surface area contributed by atoms with Crippen molar-refractivity contribution in [3.8, 4) is 0 Å². The van der Waals surface area contributed by atoms with E-state index in [9.17, 15) is 9.59 Å². The fourth-order valence-corrected chi connectivity index (χ4v) is 5.70. The Morgan fingerprint density at radius 1 is 1.35 bits per heavy atom. The molecule has 0 saturated heterocycles. The first-order valence-corrected chi connectivity index (χ1v) is 9.71. The number of allylic oxidation sites excluding steroid dienone is 5. The fourth-order valence-electron chi connectivity index (χ4n) is 5.70. The quantitative estimate of drug-likeness (QED) is 0.740. The minimum atomic E-state index is -0.993. The number of amides is 1. The molecule has 26 heavy (non-hydrogen) atoms. The molecule has 0 aromatic heterocycles. The van der Waals surface area contributed by atoms with Crippen LogP contribution in [0.4, 0.5) is 0 Å². The van der Waals surface area contributed by atoms with Gasteiger partial charge in [-0.05, 0) is 54.6 Å². The van der Waals surface area contributed by atoms with E-state index in [2.05, 4.69) is 37.9 Å². The smallest absolute Gasteiger partial charge is 0.322 e. The number of carboxylic acids is 1. The summed E-state index contributed by atoms with van der Waals surface area (Å²) in [4.78, 5) is 23.8. The number of carboxylic acid groups (broad SMARTS) is 1. The van der Waals surface area contributed by atoms with Crippen LogP contribution in [0, 0.1) is 22.2 Å². The molecule has 0 spiro atoms. The lowest BCUT2D eigenvalue weighted by molar-refractivity contribution is -0.145. The van der Waals surface area contributed by atoms with Gasteiger partial charge in [-0.25, -0.2) is 0 Å². The van der Waals surface area contributed by atoms with E-state index < -0.39 is 11.4 Å². The molecule has 1 amide bonds. The molecule has 0 radical (unpaired) electrons. The molecule has 0 bridgehead atoms. The van der Waals surface area contributed by atoms with E-state index in [1.54, 1.807) is 0 Å². The second kappa shape index (κ2) is 6.40. The topological polar surface area (TPSA) is 66.4 Å². The average Bonchev–Trinajstić information content (AvgIpc) is 2.59. The van der Waals surface area contributed by atoms with Crippen molar-refractivity contribution in [2.75, 3.05) is 6.54 Å². The van der Waals surface area contributed by atoms with Gasteiger partial charge >= 0.3 is 5.97 Å². The third kappa shape index (κ3) is 2.93. The normalized spacial score (nSPS) is 39.0. The van der Waals surface area contributed by atoms with Crippen LogP contribution < -0.4 is 5.32 Å². The Morgan fingerprint density at radius 3 is 2.73 bits per heavy atom. The average molecular weight is 357 g/mol. The lowest BCUT2D eigenvalue weighted by Crippen LogP contribution is -2.54. The summed E-state index contributed by atoms with van der Waals surface area (Å²) in [5, 5.41) is 11.6. The van der Waals surface area contributed by atoms with Gasteiger partial charge in [-0.3, -0.25) is 9.59 Å². The molecule has 4 heteroatoms. The number of aliphatic carboxylic acids is 1. The van der Waals surface area contributed by atoms with Gasteiger partial charge in [0.25, 0.3) is 0 Å². The summed E-state index contributed by atoms with van der Waals surface area (Å²) in [5.41, 5.74) is 2.35. The van der Waals surface area contributed by atoms with Crippen molar-refractivity contribution in [3.05, 3.63) is 36.0 Å². The molecular formula is C22H31NO3. The maximum absolute atomic E-state index is 12.9. The first kappa shape index (κ1) is 18.9. The minimum Gasteiger partial charge on any atom is -0.480 e. The lowest BCUT2D eigenvalue weighted by atomic mass is 9.47. The third-order valence-electron chi connectivity index (χ3n) is 7.23. The van der Waals surface area contributed by atoms with Crippen LogP contribution in [0.3, 0.4) is 0 Å². The minimum absolute atomic E-state index is 0.0137. The molecule has 142 valence electrons. The highest BCUT2D eigenvalue weighted by atomic mass is 16.4. The molecule has 2 saturated carbocycles. The van der Waals surface area contributed by atoms with E-state index in [0.717, 1.165) is 38.5 Å². The third-order valence-corrected chi connectivity index (χ3v) is 7.23. The van der Waals surface area contributed by atoms with Crippen molar-refractivity contribution in [2.24, 2.45) is 22.2 Å². The Balaban J connectivity index is 1.92. The van der Waals surface area contributed by atoms with E-state index in [4.69, 9.17) is 5.11 Å². The molecule has 0 aromatic carbocycles. The van der Waals surface area contributed by atoms with E-state index in [0.29, 0.717) is 0 Å². The first-order valence-electron chi connectivity index (χ1n) is 9.71. The molecule has 3 aliphatic rings. The highest BCUT2D eigenvalue weighted by Crippen LogP contribution is 2.62. The number of carbonyl (C=O) groups excluding carboxylic acids is 1. The van der Waals surface area contributed by atoms with E-state index in [-0.39, 0.29) is 29.2 Å². The summed E-state index contributed by atoms with van der Waals surface area (Å²) >= 11 is 0. The van der Waals surface area contributed by atoms with E-state index in [1.807, 2.05) is 13.0 Å². The van der Waals surface area contributed by atoms with Gasteiger partial charge in [-0.15, -0.1) is 6.58 Å². The zero-order valence-corrected chi connectivity index (χ0v) is 16.2. The van der Waals surface area contributed by atoms with Crippen LogP contribution in [-0.4, -0.2) is 23.5 Å². The molecule has 0 heterocycles. The largest absolute Gasteiger partial charge is 0.480 e. The molecule has 3 rings (SSSR count). The Hall–Kier alpha value is -1.84. The van der Waals surface area contributed by atoms with Crippen LogP contribution in [0.2, 0.25) is 0 Å². The zero-order chi connectivity index (χ0) is 19.2. The van der Waals surface area contributed by atoms with Crippen LogP contribution in [0.15, 0.2) is 36.0 Å². The second-order valence-electron chi connectivity index (χ2n) is 9.06. The SMILES string of the molecule is C=C[C@]1(C)C=C2CCC3[C@](C)(C(=O)NCC(=O)O)CCC[C@@]3(C)C2=CC1. The van der Waals surface area contributed by atoms with Crippen molar-refractivity contribution in [3.63, 3.8) is 0 Å². The number of rotatable bonds is 4. The Morgan fingerprint density at radius 2 is 2.08 bits per heavy atom. The second-order valence-corrected chi connectivity index (χ2v) is 9.06. The highest BCUT2D eigenvalue weighted by Gasteiger charge is 2.56. The van der Waals surface area contributed by atoms with Crippen LogP contribution in [0.5, 0.6) is 0 Å². The van der Waals surface area contributed by atoms with Crippen molar-refractivity contribution >= 4 is 11.9 Å². The van der Waals surface area contributed by atoms with Gasteiger partial charge in [-0.1, -0.05) is 45.4 Å². The van der Waals surface area contributed by atoms with Gasteiger partial charge in [0.2, 0.25) is 5.91 Å². The van der Waals surface area contributed by atoms with Gasteiger partial charge in [-0.2, -0.15) is 0 Å². The van der Waals surface area contributed by atoms with Gasteiger partial charge in [0.05, 0.1) is 5.41 Å². The Labute approximate surface area is 156 Å². The summed E-state index contributed by atoms with van der Waals surface area (Å²) in [6.07, 6.45) is 12.6. The van der Waals surface area contributed by atoms with Crippen LogP contribution in [0.25, 0.3) is 0 Å². The van der Waals surface area contributed by atoms with Gasteiger partial charge in [0.15, 0.2) is 0 Å². The fraction of sp³-hybridized carbons (Fsp3) is 0.636. The number of fused-ring (bicyclic) bond motifs is 3. The predicted molar refractivity (Wildman–Crippen MR) is 103 cm³/mol. The predicted octanol–water partition coefficient (Wildman–Crippen LogP) is 4.24. The number of hydrogen-bond acceptors (Lipinski definition) is 2. The van der Waals surface area contributed by atoms with Crippen molar-refractivity contribution in [2.45, 2.75) is 59.3 Å². The van der Waals surface area contributed by atoms with Crippen LogP contribution >= 0.6 is 0 Å². The molecular weight excluding hydrogens is 326 g/mol. The number of carbonyl (C=O) groups is 2. The molecule has 2 N–H and O–H groups in total. The first-order chi connectivity index (χ1) is 12.1. The lowest BCUT2D eigenvalue weighted by Gasteiger charge is -2.56. The van der Waals surface area contributed by atoms with Crippen molar-refractivity contribution in [1.82, 2.24) is 5.32 Å². The summed E-state index contributed by atoms with van der Waals surface area (Å²) in [6, 6.07) is 0. The summed E-state index contributed by atoms with van der Waals surface area (Å²) in [7, 11) is 0. The van der Waals surface area contributed by atoms with Gasteiger partial charge in [0, 0.05) is 5.41 Å². The molecule has 4 nitrogen and oxygen atoms in total. The molecule has 0 aliphatic heterocycles. The Bertz CT molecular complexity index is 706. The standard InChI is InChI=1S/C22H31NO3/c1-5-20(2)12-9-16-15(13-20)7-8-17-21(16,3)10-6-11-22(17,4)19(26)23-14-18(24)25/h5,9,13,17H,1,6-8,10-12,14H2,2-4H3,(H,23,26)(H,24,25)/t17?,20-,21-,22+/m0/s1. The molecule has 2 fully saturated rings. The molecule has 0 aromatic rings. The van der Waals surface area contributed by atoms with Gasteiger partial charge < -0.3 is 10.4 Å². The van der Waals surface area contributed by atoms with E-state index in [1.165, 1.54) is 11.1 Å². The van der Waals surface area contributed by atoms with Crippen LogP contribution in [0.1, 0.15) is 59.3 Å². The van der Waals surface area contributed by atoms with Gasteiger partial charge in [0.1, 0.15) is 6.54 Å². The summed E-state index contributed by atoms with van der Waals surface area (Å²) in [6.45, 7) is 10.3. The van der Waals surface area contributed by atoms with E-state index >= 15 is 0 Å². The monoisotopic (exact) mass is 357 g/mol. The summed E-state index contributed by atoms with van der Waals surface area (Å²) in [5.74, 6) is -0.849. The van der Waals surface area contributed by atoms with Crippen LogP contribution in [-0.2, 0) is 9.59 Å². The molecule has 1 unspecified atom stereocenters. The van der Waals surface area contributed by atoms with Crippen molar-refractivity contribution in [1.29, 1.82) is 0 Å².